The van der Waals surface area contributed by atoms with E-state index in [-0.39, 0.29) is 11.9 Å². The van der Waals surface area contributed by atoms with E-state index in [0.717, 1.165) is 0 Å². The Balaban J connectivity index is 2.84. The summed E-state index contributed by atoms with van der Waals surface area (Å²) in [6.45, 7) is 4.22. The molecule has 0 aromatic carbocycles. The van der Waals surface area contributed by atoms with Crippen molar-refractivity contribution < 1.29 is 4.79 Å². The van der Waals surface area contributed by atoms with Crippen LogP contribution in [0, 0.1) is 11.3 Å². The number of nitrogens with zero attached hydrogens (tertiary/aromatic N) is 4. The van der Waals surface area contributed by atoms with E-state index in [1.807, 2.05) is 19.9 Å². The summed E-state index contributed by atoms with van der Waals surface area (Å²) in [5.41, 5.74) is 0.292. The molecule has 0 fully saturated rings. The number of nitriles is 1. The van der Waals surface area contributed by atoms with Gasteiger partial charge in [0.05, 0.1) is 12.5 Å². The summed E-state index contributed by atoms with van der Waals surface area (Å²) in [5.74, 6) is 0.412. The molecule has 1 amide bonds. The summed E-state index contributed by atoms with van der Waals surface area (Å²) in [4.78, 5) is 13.8. The van der Waals surface area contributed by atoms with Gasteiger partial charge in [0.15, 0.2) is 5.69 Å². The van der Waals surface area contributed by atoms with Crippen molar-refractivity contribution >= 4 is 11.7 Å². The lowest BCUT2D eigenvalue weighted by atomic mass is 10.2. The molecule has 0 aliphatic carbocycles. The number of nitrogens with one attached hydrogen (secondary N) is 1. The number of carbonyl (C=O) groups excluding carboxylic acids is 1. The summed E-state index contributed by atoms with van der Waals surface area (Å²) in [6, 6.07) is 5.39. The number of hydrogen-bond acceptors (Lipinski definition) is 5. The maximum absolute atomic E-state index is 12.2. The van der Waals surface area contributed by atoms with Gasteiger partial charge in [0.1, 0.15) is 5.82 Å². The normalized spacial score (nSPS) is 9.94. The topological polar surface area (TPSA) is 81.9 Å². The third-order valence-electron chi connectivity index (χ3n) is 2.49. The average Bonchev–Trinajstić information content (AvgIpc) is 2.38. The fourth-order valence-corrected chi connectivity index (χ4v) is 1.49. The van der Waals surface area contributed by atoms with Gasteiger partial charge >= 0.3 is 0 Å². The minimum absolute atomic E-state index is 0.0247. The number of aromatic nitrogens is 2. The molecule has 0 saturated carbocycles. The molecule has 1 aromatic rings. The summed E-state index contributed by atoms with van der Waals surface area (Å²) in [5, 5.41) is 19.2. The van der Waals surface area contributed by atoms with Crippen LogP contribution in [0.1, 0.15) is 30.8 Å². The SMILES string of the molecule is CNc1ccc(C(=O)N(CCC#N)C(C)C)nn1. The molecule has 1 N–H and O–H groups in total. The Kier molecular flexibility index (Phi) is 5.06. The molecule has 0 saturated heterocycles. The van der Waals surface area contributed by atoms with Crippen molar-refractivity contribution in [3.63, 3.8) is 0 Å². The fraction of sp³-hybridized carbons (Fsp3) is 0.500. The van der Waals surface area contributed by atoms with Crippen LogP contribution in [0.3, 0.4) is 0 Å². The zero-order valence-corrected chi connectivity index (χ0v) is 10.8. The summed E-state index contributed by atoms with van der Waals surface area (Å²) >= 11 is 0. The second-order valence-electron chi connectivity index (χ2n) is 4.05. The van der Waals surface area contributed by atoms with E-state index in [1.165, 1.54) is 0 Å². The van der Waals surface area contributed by atoms with Gasteiger partial charge in [-0.25, -0.2) is 0 Å². The third kappa shape index (κ3) is 3.42. The highest BCUT2D eigenvalue weighted by molar-refractivity contribution is 5.92. The summed E-state index contributed by atoms with van der Waals surface area (Å²) < 4.78 is 0. The molecule has 96 valence electrons. The van der Waals surface area contributed by atoms with Gasteiger partial charge in [-0.1, -0.05) is 0 Å². The Hall–Kier alpha value is -2.16. The van der Waals surface area contributed by atoms with Crippen molar-refractivity contribution in [2.24, 2.45) is 0 Å². The first-order valence-corrected chi connectivity index (χ1v) is 5.79. The van der Waals surface area contributed by atoms with Crippen LogP contribution < -0.4 is 5.32 Å². The van der Waals surface area contributed by atoms with Crippen molar-refractivity contribution in [1.29, 1.82) is 5.26 Å². The van der Waals surface area contributed by atoms with E-state index < -0.39 is 0 Å². The van der Waals surface area contributed by atoms with Crippen LogP contribution in [0.15, 0.2) is 12.1 Å². The predicted molar refractivity (Wildman–Crippen MR) is 68.0 cm³/mol. The summed E-state index contributed by atoms with van der Waals surface area (Å²) in [7, 11) is 1.73. The van der Waals surface area contributed by atoms with Gasteiger partial charge in [0, 0.05) is 19.6 Å². The molecule has 0 aliphatic heterocycles. The minimum atomic E-state index is -0.199. The number of amides is 1. The standard InChI is InChI=1S/C12H17N5O/c1-9(2)17(8-4-7-13)12(18)10-5-6-11(14-3)16-15-10/h5-6,9H,4,8H2,1-3H3,(H,14,16). The Morgan fingerprint density at radius 2 is 2.22 bits per heavy atom. The van der Waals surface area contributed by atoms with Gasteiger partial charge in [-0.2, -0.15) is 5.26 Å². The van der Waals surface area contributed by atoms with Gasteiger partial charge in [0.25, 0.3) is 5.91 Å². The molecule has 0 bridgehead atoms. The van der Waals surface area contributed by atoms with E-state index in [4.69, 9.17) is 5.26 Å². The lowest BCUT2D eigenvalue weighted by Gasteiger charge is -2.25. The van der Waals surface area contributed by atoms with E-state index >= 15 is 0 Å². The molecular weight excluding hydrogens is 230 g/mol. The van der Waals surface area contributed by atoms with E-state index in [0.29, 0.717) is 24.5 Å². The Morgan fingerprint density at radius 3 is 2.67 bits per heavy atom. The van der Waals surface area contributed by atoms with Gasteiger partial charge in [-0.3, -0.25) is 4.79 Å². The molecule has 0 unspecified atom stereocenters. The molecule has 6 nitrogen and oxygen atoms in total. The van der Waals surface area contributed by atoms with Crippen molar-refractivity contribution in [3.8, 4) is 6.07 Å². The van der Waals surface area contributed by atoms with E-state index in [1.54, 1.807) is 24.1 Å². The second-order valence-corrected chi connectivity index (χ2v) is 4.05. The van der Waals surface area contributed by atoms with E-state index in [2.05, 4.69) is 15.5 Å². The molecule has 1 rings (SSSR count). The van der Waals surface area contributed by atoms with Crippen LogP contribution in [0.5, 0.6) is 0 Å². The molecule has 0 spiro atoms. The van der Waals surface area contributed by atoms with Crippen molar-refractivity contribution in [1.82, 2.24) is 15.1 Å². The van der Waals surface area contributed by atoms with Crippen LogP contribution in [-0.2, 0) is 0 Å². The smallest absolute Gasteiger partial charge is 0.274 e. The van der Waals surface area contributed by atoms with Crippen LogP contribution >= 0.6 is 0 Å². The summed E-state index contributed by atoms with van der Waals surface area (Å²) in [6.07, 6.45) is 0.311. The fourth-order valence-electron chi connectivity index (χ4n) is 1.49. The molecule has 0 radical (unpaired) electrons. The largest absolute Gasteiger partial charge is 0.372 e. The maximum Gasteiger partial charge on any atom is 0.274 e. The van der Waals surface area contributed by atoms with Gasteiger partial charge in [-0.15, -0.1) is 10.2 Å². The van der Waals surface area contributed by atoms with Crippen molar-refractivity contribution in [2.75, 3.05) is 18.9 Å². The molecule has 0 atom stereocenters. The quantitative estimate of drug-likeness (QED) is 0.847. The van der Waals surface area contributed by atoms with E-state index in [9.17, 15) is 4.79 Å². The maximum atomic E-state index is 12.2. The van der Waals surface area contributed by atoms with Crippen LogP contribution in [0.4, 0.5) is 5.82 Å². The number of hydrogen-bond donors (Lipinski definition) is 1. The van der Waals surface area contributed by atoms with Crippen LogP contribution in [0.25, 0.3) is 0 Å². The Bertz CT molecular complexity index is 435. The highest BCUT2D eigenvalue weighted by Crippen LogP contribution is 2.08. The minimum Gasteiger partial charge on any atom is -0.372 e. The molecule has 6 heteroatoms. The van der Waals surface area contributed by atoms with Crippen molar-refractivity contribution in [3.05, 3.63) is 17.8 Å². The Labute approximate surface area is 107 Å². The zero-order valence-electron chi connectivity index (χ0n) is 10.8. The predicted octanol–water partition coefficient (Wildman–Crippen LogP) is 1.28. The number of rotatable bonds is 5. The molecular formula is C12H17N5O. The van der Waals surface area contributed by atoms with Crippen LogP contribution in [0.2, 0.25) is 0 Å². The first-order valence-electron chi connectivity index (χ1n) is 5.79. The van der Waals surface area contributed by atoms with Crippen molar-refractivity contribution in [2.45, 2.75) is 26.3 Å². The number of anilines is 1. The molecule has 18 heavy (non-hydrogen) atoms. The van der Waals surface area contributed by atoms with Gasteiger partial charge in [-0.05, 0) is 26.0 Å². The lowest BCUT2D eigenvalue weighted by molar-refractivity contribution is 0.0703. The first kappa shape index (κ1) is 13.9. The second kappa shape index (κ2) is 6.55. The highest BCUT2D eigenvalue weighted by Gasteiger charge is 2.19. The van der Waals surface area contributed by atoms with Crippen LogP contribution in [-0.4, -0.2) is 40.6 Å². The molecule has 1 heterocycles. The first-order chi connectivity index (χ1) is 8.60. The number of carbonyl (C=O) groups is 1. The monoisotopic (exact) mass is 247 g/mol. The van der Waals surface area contributed by atoms with Gasteiger partial charge < -0.3 is 10.2 Å². The zero-order chi connectivity index (χ0) is 13.5. The third-order valence-corrected chi connectivity index (χ3v) is 2.49. The van der Waals surface area contributed by atoms with Gasteiger partial charge in [0.2, 0.25) is 0 Å². The highest BCUT2D eigenvalue weighted by atomic mass is 16.2. The molecule has 1 aromatic heterocycles. The Morgan fingerprint density at radius 1 is 1.50 bits per heavy atom. The average molecular weight is 247 g/mol. The molecule has 0 aliphatic rings. The lowest BCUT2D eigenvalue weighted by Crippen LogP contribution is -2.38.